The van der Waals surface area contributed by atoms with Crippen LogP contribution in [0.5, 0.6) is 5.75 Å². The Morgan fingerprint density at radius 3 is 2.46 bits per heavy atom. The monoisotopic (exact) mass is 326 g/mol. The van der Waals surface area contributed by atoms with E-state index in [0.717, 1.165) is 22.4 Å². The average Bonchev–Trinajstić information content (AvgIpc) is 2.58. The molecule has 0 aliphatic heterocycles. The molecular formula is C20H26N2O2. The Bertz CT molecular complexity index is 666. The Balaban J connectivity index is 1.97. The van der Waals surface area contributed by atoms with Crippen molar-refractivity contribution >= 4 is 5.91 Å². The zero-order chi connectivity index (χ0) is 17.5. The van der Waals surface area contributed by atoms with E-state index in [0.29, 0.717) is 19.1 Å². The lowest BCUT2D eigenvalue weighted by Gasteiger charge is -2.16. The van der Waals surface area contributed by atoms with Crippen molar-refractivity contribution in [2.24, 2.45) is 11.7 Å². The van der Waals surface area contributed by atoms with Crippen LogP contribution in [0, 0.1) is 12.8 Å². The highest BCUT2D eigenvalue weighted by Gasteiger charge is 2.16. The third kappa shape index (κ3) is 5.10. The van der Waals surface area contributed by atoms with Gasteiger partial charge in [-0.2, -0.15) is 0 Å². The predicted molar refractivity (Wildman–Crippen MR) is 96.7 cm³/mol. The molecule has 4 nitrogen and oxygen atoms in total. The molecule has 2 aromatic rings. The van der Waals surface area contributed by atoms with Crippen molar-refractivity contribution in [1.29, 1.82) is 0 Å². The standard InChI is InChI=1S/C20H26N2O2/c1-14(2)13-24-18-7-5-4-6-17(18)12-22-20(23)19(21)16-10-8-15(3)9-11-16/h4-11,14,19H,12-13,21H2,1-3H3,(H,22,23). The normalized spacial score (nSPS) is 12.0. The van der Waals surface area contributed by atoms with E-state index < -0.39 is 6.04 Å². The van der Waals surface area contributed by atoms with Crippen molar-refractivity contribution in [3.63, 3.8) is 0 Å². The zero-order valence-electron chi connectivity index (χ0n) is 14.6. The SMILES string of the molecule is Cc1ccc(C(N)C(=O)NCc2ccccc2OCC(C)C)cc1. The number of hydrogen-bond acceptors (Lipinski definition) is 3. The first-order valence-electron chi connectivity index (χ1n) is 8.28. The Kier molecular flexibility index (Phi) is 6.38. The summed E-state index contributed by atoms with van der Waals surface area (Å²) < 4.78 is 5.81. The van der Waals surface area contributed by atoms with Gasteiger partial charge in [0.05, 0.1) is 6.61 Å². The summed E-state index contributed by atoms with van der Waals surface area (Å²) in [5, 5.41) is 2.90. The largest absolute Gasteiger partial charge is 0.493 e. The highest BCUT2D eigenvalue weighted by Crippen LogP contribution is 2.19. The molecule has 2 aromatic carbocycles. The molecule has 2 rings (SSSR count). The number of aryl methyl sites for hydroxylation is 1. The molecule has 1 unspecified atom stereocenters. The fourth-order valence-corrected chi connectivity index (χ4v) is 2.26. The summed E-state index contributed by atoms with van der Waals surface area (Å²) in [4.78, 5) is 12.3. The zero-order valence-corrected chi connectivity index (χ0v) is 14.6. The summed E-state index contributed by atoms with van der Waals surface area (Å²) in [5.74, 6) is 1.05. The van der Waals surface area contributed by atoms with E-state index in [9.17, 15) is 4.79 Å². The molecule has 3 N–H and O–H groups in total. The predicted octanol–water partition coefficient (Wildman–Crippen LogP) is 3.35. The van der Waals surface area contributed by atoms with E-state index in [-0.39, 0.29) is 5.91 Å². The lowest BCUT2D eigenvalue weighted by Crippen LogP contribution is -2.33. The third-order valence-corrected chi connectivity index (χ3v) is 3.72. The number of carbonyl (C=O) groups is 1. The van der Waals surface area contributed by atoms with Crippen LogP contribution in [0.3, 0.4) is 0 Å². The highest BCUT2D eigenvalue weighted by atomic mass is 16.5. The van der Waals surface area contributed by atoms with Gasteiger partial charge in [-0.05, 0) is 24.5 Å². The summed E-state index contributed by atoms with van der Waals surface area (Å²) in [6.07, 6.45) is 0. The second-order valence-corrected chi connectivity index (χ2v) is 6.42. The van der Waals surface area contributed by atoms with Gasteiger partial charge in [0.25, 0.3) is 0 Å². The van der Waals surface area contributed by atoms with Crippen LogP contribution in [0.15, 0.2) is 48.5 Å². The van der Waals surface area contributed by atoms with E-state index in [4.69, 9.17) is 10.5 Å². The van der Waals surface area contributed by atoms with Crippen LogP contribution in [0.25, 0.3) is 0 Å². The maximum Gasteiger partial charge on any atom is 0.241 e. The summed E-state index contributed by atoms with van der Waals surface area (Å²) in [6.45, 7) is 7.25. The van der Waals surface area contributed by atoms with Gasteiger partial charge in [-0.1, -0.05) is 61.9 Å². The minimum atomic E-state index is -0.672. The molecule has 0 aliphatic rings. The van der Waals surface area contributed by atoms with Gasteiger partial charge in [0, 0.05) is 12.1 Å². The average molecular weight is 326 g/mol. The van der Waals surface area contributed by atoms with Crippen molar-refractivity contribution in [1.82, 2.24) is 5.32 Å². The van der Waals surface area contributed by atoms with Crippen LogP contribution in [-0.2, 0) is 11.3 Å². The first kappa shape index (κ1) is 18.0. The number of hydrogen-bond donors (Lipinski definition) is 2. The molecule has 1 atom stereocenters. The van der Waals surface area contributed by atoms with Crippen LogP contribution in [0.2, 0.25) is 0 Å². The van der Waals surface area contributed by atoms with Crippen molar-refractivity contribution in [3.8, 4) is 5.75 Å². The lowest BCUT2D eigenvalue weighted by atomic mass is 10.1. The number of nitrogens with two attached hydrogens (primary N) is 1. The van der Waals surface area contributed by atoms with Gasteiger partial charge < -0.3 is 15.8 Å². The lowest BCUT2D eigenvalue weighted by molar-refractivity contribution is -0.122. The molecular weight excluding hydrogens is 300 g/mol. The molecule has 128 valence electrons. The van der Waals surface area contributed by atoms with E-state index in [1.807, 2.05) is 55.5 Å². The van der Waals surface area contributed by atoms with E-state index in [1.54, 1.807) is 0 Å². The second-order valence-electron chi connectivity index (χ2n) is 6.42. The van der Waals surface area contributed by atoms with Crippen molar-refractivity contribution in [2.45, 2.75) is 33.4 Å². The van der Waals surface area contributed by atoms with Crippen LogP contribution in [-0.4, -0.2) is 12.5 Å². The van der Waals surface area contributed by atoms with Crippen molar-refractivity contribution < 1.29 is 9.53 Å². The summed E-state index contributed by atoms with van der Waals surface area (Å²) in [6, 6.07) is 14.8. The molecule has 0 bridgehead atoms. The Hall–Kier alpha value is -2.33. The van der Waals surface area contributed by atoms with E-state index in [1.165, 1.54) is 0 Å². The van der Waals surface area contributed by atoms with Gasteiger partial charge in [0.15, 0.2) is 0 Å². The molecule has 0 fully saturated rings. The number of para-hydroxylation sites is 1. The number of carbonyl (C=O) groups excluding carboxylic acids is 1. The highest BCUT2D eigenvalue weighted by molar-refractivity contribution is 5.82. The number of nitrogens with one attached hydrogen (secondary N) is 1. The Morgan fingerprint density at radius 1 is 1.12 bits per heavy atom. The molecule has 0 aromatic heterocycles. The van der Waals surface area contributed by atoms with Crippen molar-refractivity contribution in [2.75, 3.05) is 6.61 Å². The second kappa shape index (κ2) is 8.50. The Morgan fingerprint density at radius 2 is 1.79 bits per heavy atom. The molecule has 0 saturated carbocycles. The molecule has 0 saturated heterocycles. The van der Waals surface area contributed by atoms with Crippen LogP contribution in [0.4, 0.5) is 0 Å². The van der Waals surface area contributed by atoms with Gasteiger partial charge in [-0.3, -0.25) is 4.79 Å². The van der Waals surface area contributed by atoms with E-state index in [2.05, 4.69) is 19.2 Å². The molecule has 0 heterocycles. The smallest absolute Gasteiger partial charge is 0.241 e. The molecule has 1 amide bonds. The molecule has 0 radical (unpaired) electrons. The summed E-state index contributed by atoms with van der Waals surface area (Å²) in [5.41, 5.74) is 8.94. The first-order chi connectivity index (χ1) is 11.5. The number of benzene rings is 2. The third-order valence-electron chi connectivity index (χ3n) is 3.72. The van der Waals surface area contributed by atoms with Gasteiger partial charge in [-0.15, -0.1) is 0 Å². The number of amides is 1. The Labute approximate surface area is 144 Å². The summed E-state index contributed by atoms with van der Waals surface area (Å²) in [7, 11) is 0. The van der Waals surface area contributed by atoms with Gasteiger partial charge in [-0.25, -0.2) is 0 Å². The van der Waals surface area contributed by atoms with Gasteiger partial charge >= 0.3 is 0 Å². The van der Waals surface area contributed by atoms with Crippen LogP contribution < -0.4 is 15.8 Å². The topological polar surface area (TPSA) is 64.4 Å². The molecule has 4 heteroatoms. The molecule has 0 aliphatic carbocycles. The first-order valence-corrected chi connectivity index (χ1v) is 8.28. The molecule has 24 heavy (non-hydrogen) atoms. The van der Waals surface area contributed by atoms with Crippen LogP contribution in [0.1, 0.15) is 36.6 Å². The summed E-state index contributed by atoms with van der Waals surface area (Å²) >= 11 is 0. The van der Waals surface area contributed by atoms with Gasteiger partial charge in [0.2, 0.25) is 5.91 Å². The maximum absolute atomic E-state index is 12.3. The number of rotatable bonds is 7. The van der Waals surface area contributed by atoms with E-state index >= 15 is 0 Å². The fourth-order valence-electron chi connectivity index (χ4n) is 2.26. The van der Waals surface area contributed by atoms with Gasteiger partial charge in [0.1, 0.15) is 11.8 Å². The quantitative estimate of drug-likeness (QED) is 0.820. The number of ether oxygens (including phenoxy) is 1. The minimum absolute atomic E-state index is 0.197. The minimum Gasteiger partial charge on any atom is -0.493 e. The fraction of sp³-hybridized carbons (Fsp3) is 0.350. The van der Waals surface area contributed by atoms with Crippen LogP contribution >= 0.6 is 0 Å². The molecule has 0 spiro atoms. The maximum atomic E-state index is 12.3. The van der Waals surface area contributed by atoms with Crippen molar-refractivity contribution in [3.05, 3.63) is 65.2 Å².